The molecule has 4 nitrogen and oxygen atoms in total. The van der Waals surface area contributed by atoms with Gasteiger partial charge in [0.1, 0.15) is 4.88 Å². The van der Waals surface area contributed by atoms with E-state index in [9.17, 15) is 4.79 Å². The smallest absolute Gasteiger partial charge is 0.263 e. The molecule has 1 heterocycles. The first-order valence-corrected chi connectivity index (χ1v) is 6.31. The van der Waals surface area contributed by atoms with Crippen LogP contribution < -0.4 is 10.6 Å². The first kappa shape index (κ1) is 13.1. The summed E-state index contributed by atoms with van der Waals surface area (Å²) in [5.41, 5.74) is 0.830. The molecule has 1 aromatic rings. The summed E-state index contributed by atoms with van der Waals surface area (Å²) in [4.78, 5) is 16.9. The molecule has 90 valence electrons. The van der Waals surface area contributed by atoms with Gasteiger partial charge in [-0.3, -0.25) is 4.79 Å². The Hall–Kier alpha value is -0.940. The molecule has 0 saturated heterocycles. The van der Waals surface area contributed by atoms with Crippen molar-refractivity contribution >= 4 is 17.2 Å². The largest absolute Gasteiger partial charge is 0.350 e. The molecule has 0 radical (unpaired) electrons. The fourth-order valence-corrected chi connectivity index (χ4v) is 2.16. The molecule has 16 heavy (non-hydrogen) atoms. The summed E-state index contributed by atoms with van der Waals surface area (Å²) in [7, 11) is 1.88. The number of aryl methyl sites for hydroxylation is 2. The van der Waals surface area contributed by atoms with Crippen LogP contribution in [0.2, 0.25) is 0 Å². The van der Waals surface area contributed by atoms with E-state index in [4.69, 9.17) is 0 Å². The Morgan fingerprint density at radius 2 is 2.25 bits per heavy atom. The van der Waals surface area contributed by atoms with Gasteiger partial charge in [0.25, 0.3) is 5.91 Å². The zero-order valence-corrected chi connectivity index (χ0v) is 11.1. The molecule has 1 amide bonds. The zero-order chi connectivity index (χ0) is 12.1. The van der Waals surface area contributed by atoms with Crippen LogP contribution in [0.4, 0.5) is 0 Å². The second-order valence-electron chi connectivity index (χ2n) is 3.78. The van der Waals surface area contributed by atoms with Crippen molar-refractivity contribution in [2.24, 2.45) is 0 Å². The average molecular weight is 241 g/mol. The van der Waals surface area contributed by atoms with Crippen LogP contribution in [0.5, 0.6) is 0 Å². The number of amides is 1. The van der Waals surface area contributed by atoms with E-state index in [1.54, 1.807) is 0 Å². The fourth-order valence-electron chi connectivity index (χ4n) is 1.24. The van der Waals surface area contributed by atoms with E-state index in [1.807, 2.05) is 27.8 Å². The minimum atomic E-state index is -0.0169. The molecule has 0 aliphatic rings. The molecule has 1 rings (SSSR count). The monoisotopic (exact) mass is 241 g/mol. The Bertz CT molecular complexity index is 362. The highest BCUT2D eigenvalue weighted by atomic mass is 32.1. The lowest BCUT2D eigenvalue weighted by molar-refractivity contribution is 0.0954. The maximum Gasteiger partial charge on any atom is 0.263 e. The maximum atomic E-state index is 11.8. The predicted octanol–water partition coefficient (Wildman–Crippen LogP) is 1.35. The molecule has 1 aromatic heterocycles. The molecule has 5 heteroatoms. The molecule has 0 aromatic carbocycles. The van der Waals surface area contributed by atoms with Gasteiger partial charge in [-0.05, 0) is 27.3 Å². The van der Waals surface area contributed by atoms with Crippen LogP contribution in [-0.2, 0) is 6.42 Å². The standard InChI is InChI=1S/C11H19N3OS/c1-5-9-14-8(3)10(16-9)11(15)13-6-7(2)12-4/h7,12H,5-6H2,1-4H3,(H,13,15). The third-order valence-corrected chi connectivity index (χ3v) is 3.71. The fraction of sp³-hybridized carbons (Fsp3) is 0.636. The third-order valence-electron chi connectivity index (χ3n) is 2.41. The molecule has 0 bridgehead atoms. The van der Waals surface area contributed by atoms with Crippen molar-refractivity contribution in [1.82, 2.24) is 15.6 Å². The SMILES string of the molecule is CCc1nc(C)c(C(=O)NCC(C)NC)s1. The van der Waals surface area contributed by atoms with Gasteiger partial charge >= 0.3 is 0 Å². The Balaban J connectivity index is 2.62. The molecular formula is C11H19N3OS. The molecule has 1 unspecified atom stereocenters. The first-order chi connectivity index (χ1) is 7.58. The summed E-state index contributed by atoms with van der Waals surface area (Å²) in [5.74, 6) is -0.0169. The number of hydrogen-bond acceptors (Lipinski definition) is 4. The highest BCUT2D eigenvalue weighted by Gasteiger charge is 2.14. The van der Waals surface area contributed by atoms with E-state index < -0.39 is 0 Å². The molecule has 0 aliphatic heterocycles. The van der Waals surface area contributed by atoms with Gasteiger partial charge in [-0.15, -0.1) is 11.3 Å². The summed E-state index contributed by atoms with van der Waals surface area (Å²) < 4.78 is 0. The van der Waals surface area contributed by atoms with E-state index in [0.29, 0.717) is 6.54 Å². The molecule has 1 atom stereocenters. The quantitative estimate of drug-likeness (QED) is 0.818. The molecule has 0 fully saturated rings. The lowest BCUT2D eigenvalue weighted by Crippen LogP contribution is -2.37. The number of thiazole rings is 1. The summed E-state index contributed by atoms with van der Waals surface area (Å²) in [6, 6.07) is 0.280. The second kappa shape index (κ2) is 5.96. The van der Waals surface area contributed by atoms with Gasteiger partial charge in [-0.25, -0.2) is 4.98 Å². The van der Waals surface area contributed by atoms with Crippen molar-refractivity contribution in [2.45, 2.75) is 33.2 Å². The van der Waals surface area contributed by atoms with Crippen LogP contribution in [0, 0.1) is 6.92 Å². The maximum absolute atomic E-state index is 11.8. The number of hydrogen-bond donors (Lipinski definition) is 2. The van der Waals surface area contributed by atoms with Crippen LogP contribution in [-0.4, -0.2) is 30.5 Å². The van der Waals surface area contributed by atoms with Crippen molar-refractivity contribution < 1.29 is 4.79 Å². The zero-order valence-electron chi connectivity index (χ0n) is 10.3. The van der Waals surface area contributed by atoms with Crippen LogP contribution >= 0.6 is 11.3 Å². The number of carbonyl (C=O) groups is 1. The summed E-state index contributed by atoms with van der Waals surface area (Å²) in [6.45, 7) is 6.58. The number of aromatic nitrogens is 1. The van der Waals surface area contributed by atoms with Gasteiger partial charge in [-0.1, -0.05) is 6.92 Å². The van der Waals surface area contributed by atoms with Crippen LogP contribution in [0.15, 0.2) is 0 Å². The van der Waals surface area contributed by atoms with Gasteiger partial charge in [0.2, 0.25) is 0 Å². The van der Waals surface area contributed by atoms with Crippen molar-refractivity contribution in [3.05, 3.63) is 15.6 Å². The summed E-state index contributed by atoms with van der Waals surface area (Å²) in [5, 5.41) is 6.99. The van der Waals surface area contributed by atoms with Gasteiger partial charge < -0.3 is 10.6 Å². The number of rotatable bonds is 5. The summed E-state index contributed by atoms with van der Waals surface area (Å²) >= 11 is 1.48. The minimum absolute atomic E-state index is 0.0169. The number of nitrogens with one attached hydrogen (secondary N) is 2. The van der Waals surface area contributed by atoms with Crippen molar-refractivity contribution in [3.8, 4) is 0 Å². The molecule has 0 spiro atoms. The minimum Gasteiger partial charge on any atom is -0.350 e. The highest BCUT2D eigenvalue weighted by molar-refractivity contribution is 7.13. The Labute approximate surface area is 100 Å². The lowest BCUT2D eigenvalue weighted by atomic mass is 10.3. The van der Waals surface area contributed by atoms with E-state index in [1.165, 1.54) is 11.3 Å². The third kappa shape index (κ3) is 3.28. The van der Waals surface area contributed by atoms with E-state index in [0.717, 1.165) is 22.0 Å². The van der Waals surface area contributed by atoms with Crippen LogP contribution in [0.3, 0.4) is 0 Å². The molecule has 0 saturated carbocycles. The number of likely N-dealkylation sites (N-methyl/N-ethyl adjacent to an activating group) is 1. The van der Waals surface area contributed by atoms with Crippen LogP contribution in [0.1, 0.15) is 34.2 Å². The van der Waals surface area contributed by atoms with Crippen LogP contribution in [0.25, 0.3) is 0 Å². The Kier molecular flexibility index (Phi) is 4.89. The topological polar surface area (TPSA) is 54.0 Å². The summed E-state index contributed by atoms with van der Waals surface area (Å²) in [6.07, 6.45) is 0.881. The number of nitrogens with zero attached hydrogens (tertiary/aromatic N) is 1. The van der Waals surface area contributed by atoms with Gasteiger partial charge in [0.15, 0.2) is 0 Å². The highest BCUT2D eigenvalue weighted by Crippen LogP contribution is 2.18. The molecule has 2 N–H and O–H groups in total. The van der Waals surface area contributed by atoms with Crippen molar-refractivity contribution in [2.75, 3.05) is 13.6 Å². The van der Waals surface area contributed by atoms with Gasteiger partial charge in [-0.2, -0.15) is 0 Å². The lowest BCUT2D eigenvalue weighted by Gasteiger charge is -2.10. The van der Waals surface area contributed by atoms with Crippen molar-refractivity contribution in [1.29, 1.82) is 0 Å². The van der Waals surface area contributed by atoms with Crippen molar-refractivity contribution in [3.63, 3.8) is 0 Å². The van der Waals surface area contributed by atoms with E-state index in [-0.39, 0.29) is 11.9 Å². The van der Waals surface area contributed by atoms with E-state index in [2.05, 4.69) is 15.6 Å². The van der Waals surface area contributed by atoms with Gasteiger partial charge in [0, 0.05) is 12.6 Å². The Morgan fingerprint density at radius 3 is 2.75 bits per heavy atom. The average Bonchev–Trinajstić information content (AvgIpc) is 2.67. The molecule has 0 aliphatic carbocycles. The Morgan fingerprint density at radius 1 is 1.56 bits per heavy atom. The normalized spacial score (nSPS) is 12.5. The predicted molar refractivity (Wildman–Crippen MR) is 67.1 cm³/mol. The van der Waals surface area contributed by atoms with Gasteiger partial charge in [0.05, 0.1) is 10.7 Å². The first-order valence-electron chi connectivity index (χ1n) is 5.50. The number of carbonyl (C=O) groups excluding carboxylic acids is 1. The molecular weight excluding hydrogens is 222 g/mol. The van der Waals surface area contributed by atoms with E-state index >= 15 is 0 Å². The second-order valence-corrected chi connectivity index (χ2v) is 4.86.